The summed E-state index contributed by atoms with van der Waals surface area (Å²) in [6.07, 6.45) is 1.24. The van der Waals surface area contributed by atoms with Crippen LogP contribution in [-0.2, 0) is 6.54 Å². The lowest BCUT2D eigenvalue weighted by Crippen LogP contribution is -2.45. The molecule has 1 saturated heterocycles. The Balaban J connectivity index is 2.20. The van der Waals surface area contributed by atoms with Crippen molar-refractivity contribution in [3.05, 3.63) is 38.9 Å². The van der Waals surface area contributed by atoms with Crippen LogP contribution in [0.4, 0.5) is 5.69 Å². The number of halogens is 1. The molecule has 0 radical (unpaired) electrons. The Bertz CT molecular complexity index is 507. The molecule has 1 heterocycles. The monoisotopic (exact) mass is 296 g/mol. The minimum atomic E-state index is -0.370. The van der Waals surface area contributed by atoms with Crippen LogP contribution in [0.25, 0.3) is 0 Å². The first-order chi connectivity index (χ1) is 9.38. The SMILES string of the molecule is CC1CC(C)C(C)N(Cc2cc([N+](=O)[O-])ccc2Cl)C1. The van der Waals surface area contributed by atoms with E-state index in [9.17, 15) is 10.1 Å². The Morgan fingerprint density at radius 1 is 1.40 bits per heavy atom. The van der Waals surface area contributed by atoms with Crippen LogP contribution in [0.15, 0.2) is 18.2 Å². The van der Waals surface area contributed by atoms with E-state index in [-0.39, 0.29) is 10.6 Å². The standard InChI is InChI=1S/C15H21ClN2O2/c1-10-6-11(2)12(3)17(8-10)9-13-7-14(18(19)20)4-5-15(13)16/h4-5,7,10-12H,6,8-9H2,1-3H3. The maximum atomic E-state index is 10.9. The molecule has 0 aromatic heterocycles. The third-order valence-electron chi connectivity index (χ3n) is 4.33. The first-order valence-corrected chi connectivity index (χ1v) is 7.43. The van der Waals surface area contributed by atoms with Gasteiger partial charge in [0.15, 0.2) is 0 Å². The number of piperidine rings is 1. The molecule has 5 heteroatoms. The van der Waals surface area contributed by atoms with Crippen LogP contribution < -0.4 is 0 Å². The van der Waals surface area contributed by atoms with Crippen LogP contribution in [0.5, 0.6) is 0 Å². The molecule has 4 nitrogen and oxygen atoms in total. The van der Waals surface area contributed by atoms with Gasteiger partial charge in [-0.3, -0.25) is 15.0 Å². The van der Waals surface area contributed by atoms with Crippen molar-refractivity contribution in [1.29, 1.82) is 0 Å². The Hall–Kier alpha value is -1.13. The van der Waals surface area contributed by atoms with Gasteiger partial charge < -0.3 is 0 Å². The summed E-state index contributed by atoms with van der Waals surface area (Å²) in [7, 11) is 0. The summed E-state index contributed by atoms with van der Waals surface area (Å²) in [6.45, 7) is 8.44. The second-order valence-electron chi connectivity index (χ2n) is 6.02. The highest BCUT2D eigenvalue weighted by Gasteiger charge is 2.29. The molecule has 1 aromatic carbocycles. The molecule has 1 aliphatic rings. The summed E-state index contributed by atoms with van der Waals surface area (Å²) in [6, 6.07) is 5.15. The van der Waals surface area contributed by atoms with Crippen molar-refractivity contribution in [3.8, 4) is 0 Å². The van der Waals surface area contributed by atoms with Crippen molar-refractivity contribution in [2.24, 2.45) is 11.8 Å². The predicted molar refractivity (Wildman–Crippen MR) is 80.9 cm³/mol. The molecular weight excluding hydrogens is 276 g/mol. The molecule has 3 atom stereocenters. The average molecular weight is 297 g/mol. The molecule has 0 amide bonds. The van der Waals surface area contributed by atoms with Gasteiger partial charge in [-0.25, -0.2) is 0 Å². The molecule has 0 spiro atoms. The van der Waals surface area contributed by atoms with Crippen LogP contribution in [0, 0.1) is 22.0 Å². The van der Waals surface area contributed by atoms with E-state index in [2.05, 4.69) is 25.7 Å². The molecule has 1 aliphatic heterocycles. The summed E-state index contributed by atoms with van der Waals surface area (Å²) in [4.78, 5) is 12.9. The number of rotatable bonds is 3. The largest absolute Gasteiger partial charge is 0.296 e. The molecule has 1 aromatic rings. The zero-order chi connectivity index (χ0) is 14.9. The van der Waals surface area contributed by atoms with Gasteiger partial charge in [-0.1, -0.05) is 25.4 Å². The van der Waals surface area contributed by atoms with Gasteiger partial charge in [-0.05, 0) is 36.8 Å². The zero-order valence-electron chi connectivity index (χ0n) is 12.2. The minimum Gasteiger partial charge on any atom is -0.296 e. The third-order valence-corrected chi connectivity index (χ3v) is 4.70. The molecule has 0 aliphatic carbocycles. The van der Waals surface area contributed by atoms with Crippen LogP contribution in [0.1, 0.15) is 32.8 Å². The van der Waals surface area contributed by atoms with E-state index in [1.807, 2.05) is 0 Å². The van der Waals surface area contributed by atoms with Gasteiger partial charge in [0, 0.05) is 36.3 Å². The molecule has 0 bridgehead atoms. The van der Waals surface area contributed by atoms with Crippen molar-refractivity contribution in [2.45, 2.75) is 39.8 Å². The van der Waals surface area contributed by atoms with Crippen molar-refractivity contribution < 1.29 is 4.92 Å². The van der Waals surface area contributed by atoms with Crippen molar-refractivity contribution in [1.82, 2.24) is 4.90 Å². The maximum absolute atomic E-state index is 10.9. The summed E-state index contributed by atoms with van der Waals surface area (Å²) >= 11 is 6.19. The molecule has 110 valence electrons. The van der Waals surface area contributed by atoms with Crippen molar-refractivity contribution >= 4 is 17.3 Å². The van der Waals surface area contributed by atoms with Crippen LogP contribution in [0.2, 0.25) is 5.02 Å². The highest BCUT2D eigenvalue weighted by molar-refractivity contribution is 6.31. The molecule has 2 rings (SSSR count). The second kappa shape index (κ2) is 6.10. The predicted octanol–water partition coefficient (Wildman–Crippen LogP) is 4.11. The molecule has 3 unspecified atom stereocenters. The zero-order valence-corrected chi connectivity index (χ0v) is 12.9. The highest BCUT2D eigenvalue weighted by atomic mass is 35.5. The Morgan fingerprint density at radius 3 is 2.75 bits per heavy atom. The van der Waals surface area contributed by atoms with E-state index in [4.69, 9.17) is 11.6 Å². The fourth-order valence-corrected chi connectivity index (χ4v) is 3.23. The molecule has 1 fully saturated rings. The first-order valence-electron chi connectivity index (χ1n) is 7.05. The minimum absolute atomic E-state index is 0.107. The van der Waals surface area contributed by atoms with Crippen molar-refractivity contribution in [3.63, 3.8) is 0 Å². The van der Waals surface area contributed by atoms with Crippen LogP contribution >= 0.6 is 11.6 Å². The maximum Gasteiger partial charge on any atom is 0.269 e. The summed E-state index contributed by atoms with van der Waals surface area (Å²) in [5.41, 5.74) is 0.948. The number of nitro benzene ring substituents is 1. The fraction of sp³-hybridized carbons (Fsp3) is 0.600. The lowest BCUT2D eigenvalue weighted by Gasteiger charge is -2.41. The Morgan fingerprint density at radius 2 is 2.10 bits per heavy atom. The number of likely N-dealkylation sites (tertiary alicyclic amines) is 1. The Labute approximate surface area is 124 Å². The lowest BCUT2D eigenvalue weighted by molar-refractivity contribution is -0.384. The van der Waals surface area contributed by atoms with E-state index in [0.717, 1.165) is 12.1 Å². The van der Waals surface area contributed by atoms with Crippen molar-refractivity contribution in [2.75, 3.05) is 6.54 Å². The topological polar surface area (TPSA) is 46.4 Å². The summed E-state index contributed by atoms with van der Waals surface area (Å²) in [5, 5.41) is 11.5. The van der Waals surface area contributed by atoms with E-state index in [1.54, 1.807) is 12.1 Å². The summed E-state index contributed by atoms with van der Waals surface area (Å²) < 4.78 is 0. The number of hydrogen-bond acceptors (Lipinski definition) is 3. The molecule has 0 N–H and O–H groups in total. The second-order valence-corrected chi connectivity index (χ2v) is 6.43. The van der Waals surface area contributed by atoms with Crippen LogP contribution in [-0.4, -0.2) is 22.4 Å². The normalized spacial score (nSPS) is 27.5. The molecule has 20 heavy (non-hydrogen) atoms. The number of benzene rings is 1. The number of hydrogen-bond donors (Lipinski definition) is 0. The van der Waals surface area contributed by atoms with E-state index < -0.39 is 0 Å². The Kier molecular flexibility index (Phi) is 4.66. The average Bonchev–Trinajstić information content (AvgIpc) is 2.37. The first kappa shape index (κ1) is 15.3. The van der Waals surface area contributed by atoms with Gasteiger partial charge in [0.25, 0.3) is 5.69 Å². The van der Waals surface area contributed by atoms with Gasteiger partial charge >= 0.3 is 0 Å². The molecular formula is C15H21ClN2O2. The molecule has 0 saturated carbocycles. The fourth-order valence-electron chi connectivity index (χ4n) is 3.06. The quantitative estimate of drug-likeness (QED) is 0.623. The van der Waals surface area contributed by atoms with E-state index >= 15 is 0 Å². The highest BCUT2D eigenvalue weighted by Crippen LogP contribution is 2.30. The van der Waals surface area contributed by atoms with Gasteiger partial charge in [0.05, 0.1) is 4.92 Å². The van der Waals surface area contributed by atoms with Gasteiger partial charge in [-0.15, -0.1) is 0 Å². The lowest BCUT2D eigenvalue weighted by atomic mass is 9.86. The number of non-ortho nitro benzene ring substituents is 1. The van der Waals surface area contributed by atoms with Gasteiger partial charge in [0.2, 0.25) is 0 Å². The number of nitro groups is 1. The van der Waals surface area contributed by atoms with E-state index in [0.29, 0.717) is 29.4 Å². The third kappa shape index (κ3) is 3.30. The van der Waals surface area contributed by atoms with Gasteiger partial charge in [-0.2, -0.15) is 0 Å². The van der Waals surface area contributed by atoms with Crippen LogP contribution in [0.3, 0.4) is 0 Å². The number of nitrogens with zero attached hydrogens (tertiary/aromatic N) is 2. The summed E-state index contributed by atoms with van der Waals surface area (Å²) in [5.74, 6) is 1.29. The smallest absolute Gasteiger partial charge is 0.269 e. The van der Waals surface area contributed by atoms with E-state index in [1.165, 1.54) is 12.5 Å². The van der Waals surface area contributed by atoms with Gasteiger partial charge in [0.1, 0.15) is 0 Å².